The fraction of sp³-hybridized carbons (Fsp3) is 0.125. The minimum atomic E-state index is -0.414. The van der Waals surface area contributed by atoms with Crippen molar-refractivity contribution in [1.29, 1.82) is 0 Å². The molecule has 2 rings (SSSR count). The van der Waals surface area contributed by atoms with Crippen molar-refractivity contribution < 1.29 is 9.66 Å². The molecule has 0 aliphatic rings. The summed E-state index contributed by atoms with van der Waals surface area (Å²) in [6, 6.07) is 14.8. The van der Waals surface area contributed by atoms with Crippen molar-refractivity contribution in [1.82, 2.24) is 0 Å². The summed E-state index contributed by atoms with van der Waals surface area (Å²) in [5.41, 5.74) is 1.92. The molecule has 0 fully saturated rings. The highest BCUT2D eigenvalue weighted by Gasteiger charge is 2.14. The highest BCUT2D eigenvalue weighted by Crippen LogP contribution is 2.28. The first-order valence-electron chi connectivity index (χ1n) is 6.39. The van der Waals surface area contributed by atoms with Crippen molar-refractivity contribution >= 4 is 27.7 Å². The maximum atomic E-state index is 10.8. The molecular formula is C16H14BrNO3. The molecule has 0 saturated carbocycles. The van der Waals surface area contributed by atoms with Crippen LogP contribution in [0.4, 0.5) is 5.69 Å². The van der Waals surface area contributed by atoms with Crippen molar-refractivity contribution in [2.75, 3.05) is 6.61 Å². The van der Waals surface area contributed by atoms with E-state index in [4.69, 9.17) is 4.74 Å². The lowest BCUT2D eigenvalue weighted by molar-refractivity contribution is -0.385. The Kier molecular flexibility index (Phi) is 5.66. The van der Waals surface area contributed by atoms with E-state index in [0.717, 1.165) is 11.1 Å². The minimum Gasteiger partial charge on any atom is -0.373 e. The molecule has 0 bridgehead atoms. The van der Waals surface area contributed by atoms with Crippen LogP contribution in [-0.4, -0.2) is 11.5 Å². The van der Waals surface area contributed by atoms with E-state index >= 15 is 0 Å². The molecule has 0 unspecified atom stereocenters. The summed E-state index contributed by atoms with van der Waals surface area (Å²) in [5, 5.41) is 10.8. The smallest absolute Gasteiger partial charge is 0.283 e. The summed E-state index contributed by atoms with van der Waals surface area (Å²) in [6.45, 7) is 0.769. The average Bonchev–Trinajstić information content (AvgIpc) is 2.49. The van der Waals surface area contributed by atoms with Gasteiger partial charge in [-0.2, -0.15) is 0 Å². The van der Waals surface area contributed by atoms with Crippen molar-refractivity contribution in [2.45, 2.75) is 6.61 Å². The Balaban J connectivity index is 1.88. The lowest BCUT2D eigenvalue weighted by atomic mass is 10.2. The van der Waals surface area contributed by atoms with E-state index in [-0.39, 0.29) is 5.69 Å². The summed E-state index contributed by atoms with van der Waals surface area (Å²) in [4.78, 5) is 10.4. The molecule has 21 heavy (non-hydrogen) atoms. The van der Waals surface area contributed by atoms with Gasteiger partial charge in [0.1, 0.15) is 4.47 Å². The molecule has 0 heterocycles. The van der Waals surface area contributed by atoms with Gasteiger partial charge in [0.15, 0.2) is 0 Å². The van der Waals surface area contributed by atoms with Gasteiger partial charge in [0, 0.05) is 6.07 Å². The summed E-state index contributed by atoms with van der Waals surface area (Å²) in [7, 11) is 0. The number of benzene rings is 2. The summed E-state index contributed by atoms with van der Waals surface area (Å²) in [6.07, 6.45) is 3.89. The Morgan fingerprint density at radius 3 is 2.62 bits per heavy atom. The van der Waals surface area contributed by atoms with Gasteiger partial charge in [0.05, 0.1) is 18.1 Å². The van der Waals surface area contributed by atoms with E-state index in [0.29, 0.717) is 17.7 Å². The minimum absolute atomic E-state index is 0.0518. The fourth-order valence-corrected chi connectivity index (χ4v) is 2.33. The van der Waals surface area contributed by atoms with Crippen LogP contribution in [0, 0.1) is 10.1 Å². The topological polar surface area (TPSA) is 52.4 Å². The molecule has 0 radical (unpaired) electrons. The number of nitrogens with zero attached hydrogens (tertiary/aromatic N) is 1. The normalized spacial score (nSPS) is 10.9. The third-order valence-electron chi connectivity index (χ3n) is 2.84. The highest BCUT2D eigenvalue weighted by atomic mass is 79.9. The quantitative estimate of drug-likeness (QED) is 0.436. The van der Waals surface area contributed by atoms with E-state index in [1.807, 2.05) is 42.5 Å². The molecule has 108 valence electrons. The molecule has 4 nitrogen and oxygen atoms in total. The number of ether oxygens (including phenoxy) is 1. The van der Waals surface area contributed by atoms with Crippen LogP contribution in [0.3, 0.4) is 0 Å². The number of rotatable bonds is 6. The van der Waals surface area contributed by atoms with Gasteiger partial charge in [-0.1, -0.05) is 54.6 Å². The van der Waals surface area contributed by atoms with E-state index < -0.39 is 4.92 Å². The van der Waals surface area contributed by atoms with E-state index in [1.165, 1.54) is 6.07 Å². The van der Waals surface area contributed by atoms with Gasteiger partial charge in [-0.15, -0.1) is 0 Å². The van der Waals surface area contributed by atoms with Crippen LogP contribution in [-0.2, 0) is 11.3 Å². The molecule has 0 spiro atoms. The lowest BCUT2D eigenvalue weighted by Crippen LogP contribution is -1.97. The number of hydrogen-bond acceptors (Lipinski definition) is 3. The molecule has 0 aromatic heterocycles. The Labute approximate surface area is 131 Å². The SMILES string of the molecule is O=[N+]([O-])c1cccc(COC/C=C/c2ccccc2)c1Br. The van der Waals surface area contributed by atoms with Gasteiger partial charge in [0.25, 0.3) is 5.69 Å². The fourth-order valence-electron chi connectivity index (χ4n) is 1.80. The second-order valence-corrected chi connectivity index (χ2v) is 5.13. The summed E-state index contributed by atoms with van der Waals surface area (Å²) in [5.74, 6) is 0. The van der Waals surface area contributed by atoms with E-state index in [9.17, 15) is 10.1 Å². The molecule has 0 N–H and O–H groups in total. The third-order valence-corrected chi connectivity index (χ3v) is 3.75. The maximum Gasteiger partial charge on any atom is 0.283 e. The van der Waals surface area contributed by atoms with Crippen LogP contribution in [0.5, 0.6) is 0 Å². The third kappa shape index (κ3) is 4.51. The Morgan fingerprint density at radius 2 is 1.90 bits per heavy atom. The molecule has 0 atom stereocenters. The standard InChI is InChI=1S/C16H14BrNO3/c17-16-14(9-4-10-15(16)18(19)20)12-21-11-5-8-13-6-2-1-3-7-13/h1-10H,11-12H2/b8-5+. The lowest BCUT2D eigenvalue weighted by Gasteiger charge is -2.05. The molecular weight excluding hydrogens is 334 g/mol. The number of nitro benzene ring substituents is 1. The zero-order chi connectivity index (χ0) is 15.1. The predicted octanol–water partition coefficient (Wildman–Crippen LogP) is 4.59. The van der Waals surface area contributed by atoms with Gasteiger partial charge >= 0.3 is 0 Å². The van der Waals surface area contributed by atoms with Crippen LogP contribution >= 0.6 is 15.9 Å². The number of nitro groups is 1. The van der Waals surface area contributed by atoms with Crippen LogP contribution in [0.15, 0.2) is 59.1 Å². The number of hydrogen-bond donors (Lipinski definition) is 0. The summed E-state index contributed by atoms with van der Waals surface area (Å²) >= 11 is 3.25. The molecule has 2 aromatic carbocycles. The van der Waals surface area contributed by atoms with Gasteiger partial charge in [-0.3, -0.25) is 10.1 Å². The largest absolute Gasteiger partial charge is 0.373 e. The zero-order valence-electron chi connectivity index (χ0n) is 11.2. The van der Waals surface area contributed by atoms with Crippen LogP contribution in [0.2, 0.25) is 0 Å². The number of halogens is 1. The molecule has 0 amide bonds. The average molecular weight is 348 g/mol. The highest BCUT2D eigenvalue weighted by molar-refractivity contribution is 9.10. The first-order valence-corrected chi connectivity index (χ1v) is 7.19. The van der Waals surface area contributed by atoms with Crippen molar-refractivity contribution in [2.24, 2.45) is 0 Å². The zero-order valence-corrected chi connectivity index (χ0v) is 12.8. The molecule has 0 aliphatic heterocycles. The Morgan fingerprint density at radius 1 is 1.14 bits per heavy atom. The molecule has 0 saturated heterocycles. The molecule has 0 aliphatic carbocycles. The first-order chi connectivity index (χ1) is 10.2. The van der Waals surface area contributed by atoms with Crippen LogP contribution in [0.25, 0.3) is 6.08 Å². The van der Waals surface area contributed by atoms with Gasteiger partial charge < -0.3 is 4.74 Å². The monoisotopic (exact) mass is 347 g/mol. The van der Waals surface area contributed by atoms with E-state index in [2.05, 4.69) is 15.9 Å². The Bertz CT molecular complexity index is 641. The maximum absolute atomic E-state index is 10.8. The van der Waals surface area contributed by atoms with Crippen LogP contribution in [0.1, 0.15) is 11.1 Å². The molecule has 5 heteroatoms. The molecule has 2 aromatic rings. The van der Waals surface area contributed by atoms with Crippen molar-refractivity contribution in [3.05, 3.63) is 80.3 Å². The second-order valence-electron chi connectivity index (χ2n) is 4.34. The predicted molar refractivity (Wildman–Crippen MR) is 85.9 cm³/mol. The van der Waals surface area contributed by atoms with E-state index in [1.54, 1.807) is 12.1 Å². The summed E-state index contributed by atoms with van der Waals surface area (Å²) < 4.78 is 5.99. The first kappa shape index (κ1) is 15.4. The second kappa shape index (κ2) is 7.71. The van der Waals surface area contributed by atoms with Gasteiger partial charge in [-0.25, -0.2) is 0 Å². The van der Waals surface area contributed by atoms with Gasteiger partial charge in [-0.05, 0) is 27.1 Å². The van der Waals surface area contributed by atoms with Gasteiger partial charge in [0.2, 0.25) is 0 Å². The van der Waals surface area contributed by atoms with Crippen molar-refractivity contribution in [3.63, 3.8) is 0 Å². The van der Waals surface area contributed by atoms with Crippen LogP contribution < -0.4 is 0 Å². The van der Waals surface area contributed by atoms with Crippen molar-refractivity contribution in [3.8, 4) is 0 Å². The Hall–Kier alpha value is -1.98.